The topological polar surface area (TPSA) is 101 Å². The molecule has 1 saturated heterocycles. The van der Waals surface area contributed by atoms with Crippen molar-refractivity contribution in [3.05, 3.63) is 24.2 Å². The Morgan fingerprint density at radius 1 is 1.54 bits per heavy atom. The van der Waals surface area contributed by atoms with Crippen LogP contribution in [0.25, 0.3) is 0 Å². The number of piperazine rings is 1. The molecule has 1 aromatic heterocycles. The Morgan fingerprint density at radius 2 is 2.33 bits per heavy atom. The number of ether oxygens (including phenoxy) is 1. The van der Waals surface area contributed by atoms with Crippen molar-refractivity contribution in [2.24, 2.45) is 0 Å². The first-order valence-corrected chi connectivity index (χ1v) is 8.02. The molecule has 0 aliphatic carbocycles. The van der Waals surface area contributed by atoms with Crippen LogP contribution in [0.2, 0.25) is 0 Å². The van der Waals surface area contributed by atoms with E-state index < -0.39 is 17.9 Å². The summed E-state index contributed by atoms with van der Waals surface area (Å²) in [6.45, 7) is 2.93. The minimum absolute atomic E-state index is 0.0690. The second kappa shape index (κ2) is 8.44. The summed E-state index contributed by atoms with van der Waals surface area (Å²) in [6.07, 6.45) is 1.94. The number of carbonyl (C=O) groups is 3. The summed E-state index contributed by atoms with van der Waals surface area (Å²) in [4.78, 5) is 37.4. The summed E-state index contributed by atoms with van der Waals surface area (Å²) in [6, 6.07) is 2.27. The van der Waals surface area contributed by atoms with E-state index in [0.29, 0.717) is 26.1 Å². The first kappa shape index (κ1) is 17.9. The highest BCUT2D eigenvalue weighted by atomic mass is 32.1. The lowest BCUT2D eigenvalue weighted by Crippen LogP contribution is -2.60. The molecule has 1 aliphatic heterocycles. The van der Waals surface area contributed by atoms with E-state index in [4.69, 9.17) is 21.4 Å². The van der Waals surface area contributed by atoms with Gasteiger partial charge >= 0.3 is 5.97 Å². The van der Waals surface area contributed by atoms with Crippen molar-refractivity contribution >= 4 is 35.1 Å². The molecule has 0 aromatic carbocycles. The minimum Gasteiger partial charge on any atom is -0.466 e. The van der Waals surface area contributed by atoms with Crippen LogP contribution in [0, 0.1) is 0 Å². The van der Waals surface area contributed by atoms with Crippen molar-refractivity contribution in [2.75, 3.05) is 19.7 Å². The number of nitrogens with one attached hydrogen (secondary N) is 2. The molecule has 0 saturated carbocycles. The summed E-state index contributed by atoms with van der Waals surface area (Å²) in [5, 5.41) is 5.26. The summed E-state index contributed by atoms with van der Waals surface area (Å²) in [5.41, 5.74) is 0. The van der Waals surface area contributed by atoms with E-state index in [-0.39, 0.29) is 23.2 Å². The van der Waals surface area contributed by atoms with E-state index >= 15 is 0 Å². The fourth-order valence-corrected chi connectivity index (χ4v) is 2.54. The van der Waals surface area contributed by atoms with Crippen molar-refractivity contribution in [1.82, 2.24) is 15.5 Å². The molecule has 8 nitrogen and oxygen atoms in total. The van der Waals surface area contributed by atoms with Gasteiger partial charge in [-0.3, -0.25) is 19.7 Å². The number of esters is 1. The van der Waals surface area contributed by atoms with Gasteiger partial charge in [-0.05, 0) is 30.8 Å². The standard InChI is InChI=1S/C15H19N3O5S/c1-2-7-23-12(19)9-10-13(20)16-5-6-18(10)15(24)17-14(21)11-4-3-8-22-11/h3-4,8,10H,2,5-7,9H2,1H3,(H,16,20)(H,17,21,24)/t10-/m0/s1. The second-order valence-electron chi connectivity index (χ2n) is 5.16. The lowest BCUT2D eigenvalue weighted by atomic mass is 10.1. The van der Waals surface area contributed by atoms with E-state index in [0.717, 1.165) is 0 Å². The fourth-order valence-electron chi connectivity index (χ4n) is 2.23. The zero-order valence-corrected chi connectivity index (χ0v) is 14.1. The molecule has 0 radical (unpaired) electrons. The summed E-state index contributed by atoms with van der Waals surface area (Å²) >= 11 is 5.21. The molecule has 1 atom stereocenters. The summed E-state index contributed by atoms with van der Waals surface area (Å²) < 4.78 is 10.0. The predicted molar refractivity (Wildman–Crippen MR) is 88.1 cm³/mol. The van der Waals surface area contributed by atoms with Crippen LogP contribution in [0.3, 0.4) is 0 Å². The molecule has 24 heavy (non-hydrogen) atoms. The van der Waals surface area contributed by atoms with Crippen LogP contribution in [0.5, 0.6) is 0 Å². The maximum Gasteiger partial charge on any atom is 0.308 e. The molecule has 2 rings (SSSR count). The Bertz CT molecular complexity index is 617. The van der Waals surface area contributed by atoms with Gasteiger partial charge in [-0.15, -0.1) is 0 Å². The van der Waals surface area contributed by atoms with E-state index in [9.17, 15) is 14.4 Å². The van der Waals surface area contributed by atoms with Crippen molar-refractivity contribution in [3.8, 4) is 0 Å². The van der Waals surface area contributed by atoms with Crippen LogP contribution >= 0.6 is 12.2 Å². The van der Waals surface area contributed by atoms with Gasteiger partial charge in [-0.25, -0.2) is 0 Å². The molecule has 0 spiro atoms. The second-order valence-corrected chi connectivity index (χ2v) is 5.55. The highest BCUT2D eigenvalue weighted by Crippen LogP contribution is 2.11. The molecular formula is C15H19N3O5S. The van der Waals surface area contributed by atoms with Crippen LogP contribution in [0.4, 0.5) is 0 Å². The molecule has 1 fully saturated rings. The maximum absolute atomic E-state index is 12.1. The van der Waals surface area contributed by atoms with Gasteiger partial charge in [0.15, 0.2) is 10.9 Å². The normalized spacial score (nSPS) is 17.1. The van der Waals surface area contributed by atoms with E-state index in [1.54, 1.807) is 6.07 Å². The Morgan fingerprint density at radius 3 is 3.00 bits per heavy atom. The molecule has 0 unspecified atom stereocenters. The molecule has 9 heteroatoms. The Hall–Kier alpha value is -2.42. The van der Waals surface area contributed by atoms with Gasteiger partial charge in [-0.1, -0.05) is 6.92 Å². The Labute approximate surface area is 144 Å². The highest BCUT2D eigenvalue weighted by Gasteiger charge is 2.34. The van der Waals surface area contributed by atoms with Crippen LogP contribution in [-0.4, -0.2) is 53.5 Å². The van der Waals surface area contributed by atoms with E-state index in [1.807, 2.05) is 6.92 Å². The van der Waals surface area contributed by atoms with Gasteiger partial charge in [0.05, 0.1) is 19.3 Å². The number of amides is 2. The molecule has 2 amide bonds. The molecule has 2 N–H and O–H groups in total. The third-order valence-electron chi connectivity index (χ3n) is 3.38. The average molecular weight is 353 g/mol. The number of carbonyl (C=O) groups excluding carboxylic acids is 3. The maximum atomic E-state index is 12.1. The number of hydrogen-bond acceptors (Lipinski definition) is 6. The third-order valence-corrected chi connectivity index (χ3v) is 3.72. The van der Waals surface area contributed by atoms with Crippen molar-refractivity contribution < 1.29 is 23.5 Å². The molecule has 130 valence electrons. The van der Waals surface area contributed by atoms with E-state index in [1.165, 1.54) is 17.2 Å². The average Bonchev–Trinajstić information content (AvgIpc) is 3.09. The number of rotatable bonds is 5. The van der Waals surface area contributed by atoms with Gasteiger partial charge in [0.2, 0.25) is 5.91 Å². The van der Waals surface area contributed by atoms with Crippen molar-refractivity contribution in [1.29, 1.82) is 0 Å². The largest absolute Gasteiger partial charge is 0.466 e. The van der Waals surface area contributed by atoms with Gasteiger partial charge in [-0.2, -0.15) is 0 Å². The lowest BCUT2D eigenvalue weighted by molar-refractivity contribution is -0.147. The van der Waals surface area contributed by atoms with Crippen molar-refractivity contribution in [2.45, 2.75) is 25.8 Å². The molecule has 2 heterocycles. The monoisotopic (exact) mass is 353 g/mol. The summed E-state index contributed by atoms with van der Waals surface area (Å²) in [7, 11) is 0. The molecular weight excluding hydrogens is 334 g/mol. The molecule has 1 aromatic rings. The lowest BCUT2D eigenvalue weighted by Gasteiger charge is -2.36. The summed E-state index contributed by atoms with van der Waals surface area (Å²) in [5.74, 6) is -1.21. The smallest absolute Gasteiger partial charge is 0.308 e. The highest BCUT2D eigenvalue weighted by molar-refractivity contribution is 7.80. The van der Waals surface area contributed by atoms with Crippen LogP contribution in [-0.2, 0) is 14.3 Å². The number of hydrogen-bond donors (Lipinski definition) is 2. The number of nitrogens with zero attached hydrogens (tertiary/aromatic N) is 1. The van der Waals surface area contributed by atoms with Gasteiger partial charge < -0.3 is 19.4 Å². The predicted octanol–water partition coefficient (Wildman–Crippen LogP) is 0.438. The first-order chi connectivity index (χ1) is 11.5. The van der Waals surface area contributed by atoms with Crippen molar-refractivity contribution in [3.63, 3.8) is 0 Å². The Balaban J connectivity index is 2.01. The number of thiocarbonyl (C=S) groups is 1. The third kappa shape index (κ3) is 4.54. The molecule has 1 aliphatic rings. The van der Waals surface area contributed by atoms with Gasteiger partial charge in [0.25, 0.3) is 5.91 Å². The van der Waals surface area contributed by atoms with Crippen LogP contribution < -0.4 is 10.6 Å². The zero-order valence-electron chi connectivity index (χ0n) is 13.2. The quantitative estimate of drug-likeness (QED) is 0.585. The molecule has 0 bridgehead atoms. The van der Waals surface area contributed by atoms with Gasteiger partial charge in [0, 0.05) is 13.1 Å². The Kier molecular flexibility index (Phi) is 6.30. The SMILES string of the molecule is CCCOC(=O)C[C@H]1C(=O)NCCN1C(=S)NC(=O)c1ccco1. The van der Waals surface area contributed by atoms with Crippen LogP contribution in [0.1, 0.15) is 30.3 Å². The van der Waals surface area contributed by atoms with Gasteiger partial charge in [0.1, 0.15) is 6.04 Å². The van der Waals surface area contributed by atoms with E-state index in [2.05, 4.69) is 10.6 Å². The number of furan rings is 1. The minimum atomic E-state index is -0.812. The van der Waals surface area contributed by atoms with Crippen LogP contribution in [0.15, 0.2) is 22.8 Å². The zero-order chi connectivity index (χ0) is 17.5. The fraction of sp³-hybridized carbons (Fsp3) is 0.467. The first-order valence-electron chi connectivity index (χ1n) is 7.61.